The van der Waals surface area contributed by atoms with Crippen molar-refractivity contribution >= 4 is 16.7 Å². The average Bonchev–Trinajstić information content (AvgIpc) is 3.24. The first-order valence-corrected chi connectivity index (χ1v) is 11.3. The smallest absolute Gasteiger partial charge is 0.165 e. The van der Waals surface area contributed by atoms with E-state index in [0.29, 0.717) is 6.04 Å². The SMILES string of the molecule is CCCC(CCC)n1ccc2c(C)nc3c(-c4c(C)cc(C)cc4C)c(C)nn3c21. The van der Waals surface area contributed by atoms with Gasteiger partial charge in [0.25, 0.3) is 0 Å². The number of aromatic nitrogens is 4. The summed E-state index contributed by atoms with van der Waals surface area (Å²) >= 11 is 0. The Morgan fingerprint density at radius 1 is 0.867 bits per heavy atom. The van der Waals surface area contributed by atoms with Crippen molar-refractivity contribution in [1.29, 1.82) is 0 Å². The Bertz CT molecular complexity index is 1200. The molecule has 0 spiro atoms. The summed E-state index contributed by atoms with van der Waals surface area (Å²) in [6.45, 7) is 15.4. The van der Waals surface area contributed by atoms with Crippen LogP contribution in [0.4, 0.5) is 0 Å². The molecule has 0 aliphatic heterocycles. The molecule has 4 nitrogen and oxygen atoms in total. The molecule has 4 heteroatoms. The van der Waals surface area contributed by atoms with Gasteiger partial charge in [0.1, 0.15) is 5.65 Å². The van der Waals surface area contributed by atoms with Crippen LogP contribution < -0.4 is 0 Å². The summed E-state index contributed by atoms with van der Waals surface area (Å²) in [7, 11) is 0. The lowest BCUT2D eigenvalue weighted by atomic mass is 9.94. The lowest BCUT2D eigenvalue weighted by Crippen LogP contribution is -2.10. The second-order valence-electron chi connectivity index (χ2n) is 8.86. The fraction of sp³-hybridized carbons (Fsp3) is 0.462. The summed E-state index contributed by atoms with van der Waals surface area (Å²) in [6, 6.07) is 7.24. The van der Waals surface area contributed by atoms with E-state index in [9.17, 15) is 0 Å². The number of hydrogen-bond donors (Lipinski definition) is 0. The Kier molecular flexibility index (Phi) is 5.44. The van der Waals surface area contributed by atoms with Gasteiger partial charge in [-0.15, -0.1) is 0 Å². The summed E-state index contributed by atoms with van der Waals surface area (Å²) in [5.74, 6) is 0. The highest BCUT2D eigenvalue weighted by atomic mass is 15.3. The maximum atomic E-state index is 5.06. The minimum absolute atomic E-state index is 0.498. The summed E-state index contributed by atoms with van der Waals surface area (Å²) < 4.78 is 4.55. The van der Waals surface area contributed by atoms with Gasteiger partial charge < -0.3 is 4.57 Å². The van der Waals surface area contributed by atoms with Crippen LogP contribution in [0.2, 0.25) is 0 Å². The molecular weight excluding hydrogens is 368 g/mol. The number of hydrogen-bond acceptors (Lipinski definition) is 2. The number of fused-ring (bicyclic) bond motifs is 3. The molecule has 0 saturated carbocycles. The topological polar surface area (TPSA) is 35.1 Å². The fourth-order valence-electron chi connectivity index (χ4n) is 5.18. The Labute approximate surface area is 179 Å². The van der Waals surface area contributed by atoms with Crippen molar-refractivity contribution in [2.45, 2.75) is 80.2 Å². The van der Waals surface area contributed by atoms with E-state index in [1.807, 2.05) is 0 Å². The highest BCUT2D eigenvalue weighted by Crippen LogP contribution is 2.36. The molecule has 0 bridgehead atoms. The van der Waals surface area contributed by atoms with Crippen LogP contribution in [0.3, 0.4) is 0 Å². The van der Waals surface area contributed by atoms with Gasteiger partial charge in [0.2, 0.25) is 0 Å². The molecule has 4 aromatic rings. The lowest BCUT2D eigenvalue weighted by Gasteiger charge is -2.19. The van der Waals surface area contributed by atoms with E-state index in [4.69, 9.17) is 10.1 Å². The summed E-state index contributed by atoms with van der Waals surface area (Å²) in [6.07, 6.45) is 6.98. The molecule has 0 radical (unpaired) electrons. The van der Waals surface area contributed by atoms with Gasteiger partial charge in [-0.25, -0.2) is 4.98 Å². The predicted octanol–water partition coefficient (Wildman–Crippen LogP) is 7.03. The Morgan fingerprint density at radius 2 is 1.50 bits per heavy atom. The number of aryl methyl sites for hydroxylation is 5. The molecule has 0 saturated heterocycles. The van der Waals surface area contributed by atoms with Crippen LogP contribution in [0.15, 0.2) is 24.4 Å². The zero-order valence-electron chi connectivity index (χ0n) is 19.5. The molecule has 158 valence electrons. The second-order valence-corrected chi connectivity index (χ2v) is 8.86. The maximum Gasteiger partial charge on any atom is 0.165 e. The van der Waals surface area contributed by atoms with Crippen molar-refractivity contribution in [3.8, 4) is 11.1 Å². The average molecular weight is 403 g/mol. The second kappa shape index (κ2) is 7.90. The summed E-state index contributed by atoms with van der Waals surface area (Å²) in [4.78, 5) is 5.06. The Morgan fingerprint density at radius 3 is 2.10 bits per heavy atom. The van der Waals surface area contributed by atoms with Crippen molar-refractivity contribution in [2.24, 2.45) is 0 Å². The van der Waals surface area contributed by atoms with E-state index in [1.165, 1.54) is 64.5 Å². The van der Waals surface area contributed by atoms with Crippen molar-refractivity contribution in [3.63, 3.8) is 0 Å². The van der Waals surface area contributed by atoms with Crippen LogP contribution >= 0.6 is 0 Å². The number of nitrogens with zero attached hydrogens (tertiary/aromatic N) is 4. The van der Waals surface area contributed by atoms with Crippen LogP contribution in [0.25, 0.3) is 27.8 Å². The van der Waals surface area contributed by atoms with E-state index in [-0.39, 0.29) is 0 Å². The third-order valence-electron chi connectivity index (χ3n) is 6.35. The van der Waals surface area contributed by atoms with E-state index in [0.717, 1.165) is 17.0 Å². The van der Waals surface area contributed by atoms with Crippen LogP contribution in [0, 0.1) is 34.6 Å². The summed E-state index contributed by atoms with van der Waals surface area (Å²) in [5.41, 5.74) is 10.6. The van der Waals surface area contributed by atoms with Crippen molar-refractivity contribution in [2.75, 3.05) is 0 Å². The molecule has 0 aliphatic carbocycles. The minimum atomic E-state index is 0.498. The van der Waals surface area contributed by atoms with Gasteiger partial charge >= 0.3 is 0 Å². The maximum absolute atomic E-state index is 5.06. The lowest BCUT2D eigenvalue weighted by molar-refractivity contribution is 0.434. The largest absolute Gasteiger partial charge is 0.329 e. The molecule has 0 fully saturated rings. The standard InChI is InChI=1S/C26H34N4/c1-8-10-21(11-9-2)29-13-12-22-19(6)27-25-24(20(7)28-30(25)26(22)29)23-17(4)14-16(3)15-18(23)5/h12-15,21H,8-11H2,1-7H3. The first-order valence-electron chi connectivity index (χ1n) is 11.3. The van der Waals surface area contributed by atoms with Crippen LogP contribution in [0.1, 0.15) is 73.7 Å². The van der Waals surface area contributed by atoms with Gasteiger partial charge in [-0.2, -0.15) is 9.61 Å². The van der Waals surface area contributed by atoms with Gasteiger partial charge in [-0.1, -0.05) is 44.4 Å². The van der Waals surface area contributed by atoms with E-state index < -0.39 is 0 Å². The minimum Gasteiger partial charge on any atom is -0.329 e. The molecule has 0 atom stereocenters. The van der Waals surface area contributed by atoms with Gasteiger partial charge in [0.15, 0.2) is 5.65 Å². The third-order valence-corrected chi connectivity index (χ3v) is 6.35. The van der Waals surface area contributed by atoms with Crippen LogP contribution in [-0.4, -0.2) is 19.2 Å². The van der Waals surface area contributed by atoms with Gasteiger partial charge in [-0.05, 0) is 70.2 Å². The van der Waals surface area contributed by atoms with Crippen LogP contribution in [-0.2, 0) is 0 Å². The van der Waals surface area contributed by atoms with Gasteiger partial charge in [0.05, 0.1) is 17.0 Å². The first kappa shape index (κ1) is 20.6. The zero-order chi connectivity index (χ0) is 21.6. The molecule has 4 rings (SSSR count). The molecule has 3 heterocycles. The molecule has 30 heavy (non-hydrogen) atoms. The quantitative estimate of drug-likeness (QED) is 0.347. The van der Waals surface area contributed by atoms with Gasteiger partial charge in [0, 0.05) is 17.6 Å². The zero-order valence-corrected chi connectivity index (χ0v) is 19.5. The molecule has 3 aromatic heterocycles. The highest BCUT2D eigenvalue weighted by Gasteiger charge is 2.22. The molecular formula is C26H34N4. The van der Waals surface area contributed by atoms with E-state index in [1.54, 1.807) is 0 Å². The van der Waals surface area contributed by atoms with Gasteiger partial charge in [-0.3, -0.25) is 0 Å². The molecule has 0 N–H and O–H groups in total. The summed E-state index contributed by atoms with van der Waals surface area (Å²) in [5, 5.41) is 6.23. The van der Waals surface area contributed by atoms with E-state index >= 15 is 0 Å². The van der Waals surface area contributed by atoms with Crippen molar-refractivity contribution in [1.82, 2.24) is 19.2 Å². The Hall–Kier alpha value is -2.62. The highest BCUT2D eigenvalue weighted by molar-refractivity contribution is 5.89. The number of benzene rings is 1. The first-order chi connectivity index (χ1) is 14.4. The molecule has 0 unspecified atom stereocenters. The third kappa shape index (κ3) is 3.23. The van der Waals surface area contributed by atoms with Crippen LogP contribution in [0.5, 0.6) is 0 Å². The molecule has 0 aliphatic rings. The van der Waals surface area contributed by atoms with Crippen molar-refractivity contribution in [3.05, 3.63) is 52.5 Å². The monoisotopic (exact) mass is 402 g/mol. The normalized spacial score (nSPS) is 12.0. The fourth-order valence-corrected chi connectivity index (χ4v) is 5.18. The molecule has 1 aromatic carbocycles. The molecule has 0 amide bonds. The Balaban J connectivity index is 2.06. The van der Waals surface area contributed by atoms with E-state index in [2.05, 4.69) is 81.9 Å². The number of rotatable bonds is 6. The predicted molar refractivity (Wildman–Crippen MR) is 126 cm³/mol. The van der Waals surface area contributed by atoms with Crippen molar-refractivity contribution < 1.29 is 0 Å².